The van der Waals surface area contributed by atoms with Gasteiger partial charge in [0, 0.05) is 23.4 Å². The lowest BCUT2D eigenvalue weighted by molar-refractivity contribution is -0.121. The first-order valence-corrected chi connectivity index (χ1v) is 5.31. The molecule has 0 unspecified atom stereocenters. The van der Waals surface area contributed by atoms with E-state index in [1.807, 2.05) is 43.3 Å². The van der Waals surface area contributed by atoms with E-state index in [1.54, 1.807) is 0 Å². The molecule has 0 aliphatic rings. The number of nitrogens with two attached hydrogens (primary N) is 1. The summed E-state index contributed by atoms with van der Waals surface area (Å²) in [5.41, 5.74) is 7.09. The van der Waals surface area contributed by atoms with Gasteiger partial charge in [-0.1, -0.05) is 31.2 Å². The van der Waals surface area contributed by atoms with Crippen LogP contribution in [0.4, 0.5) is 0 Å². The number of hydrogen-bond donors (Lipinski definition) is 1. The molecule has 16 heavy (non-hydrogen) atoms. The van der Waals surface area contributed by atoms with Crippen molar-refractivity contribution in [2.75, 3.05) is 0 Å². The number of pyridine rings is 1. The molecule has 0 aliphatic heterocycles. The Balaban J connectivity index is 2.29. The summed E-state index contributed by atoms with van der Waals surface area (Å²) < 4.78 is 0. The monoisotopic (exact) mass is 214 g/mol. The molecule has 0 bridgehead atoms. The molecule has 0 radical (unpaired) electrons. The second-order valence-electron chi connectivity index (χ2n) is 4.00. The van der Waals surface area contributed by atoms with Gasteiger partial charge < -0.3 is 5.73 Å². The van der Waals surface area contributed by atoms with Crippen molar-refractivity contribution < 1.29 is 4.79 Å². The first kappa shape index (κ1) is 10.6. The molecule has 82 valence electrons. The summed E-state index contributed by atoms with van der Waals surface area (Å²) in [6.07, 6.45) is 0.597. The van der Waals surface area contributed by atoms with Gasteiger partial charge in [-0.05, 0) is 12.1 Å². The van der Waals surface area contributed by atoms with E-state index in [-0.39, 0.29) is 11.8 Å². The van der Waals surface area contributed by atoms with Gasteiger partial charge in [-0.2, -0.15) is 0 Å². The molecule has 0 fully saturated rings. The Hall–Kier alpha value is -1.90. The van der Waals surface area contributed by atoms with Crippen molar-refractivity contribution in [3.05, 3.63) is 42.1 Å². The standard InChI is InChI=1S/C13H14N2O/c1-9(13(14)16)8-11-7-6-10-4-2-3-5-12(10)15-11/h2-7,9H,8H2,1H3,(H2,14,16)/t9-/m1/s1. The highest BCUT2D eigenvalue weighted by Gasteiger charge is 2.10. The molecule has 1 heterocycles. The molecule has 0 aliphatic carbocycles. The number of carbonyl (C=O) groups is 1. The van der Waals surface area contributed by atoms with E-state index in [0.717, 1.165) is 16.6 Å². The largest absolute Gasteiger partial charge is 0.369 e. The van der Waals surface area contributed by atoms with Crippen LogP contribution < -0.4 is 5.73 Å². The number of hydrogen-bond acceptors (Lipinski definition) is 2. The molecule has 1 aromatic carbocycles. The molecule has 2 aromatic rings. The van der Waals surface area contributed by atoms with E-state index < -0.39 is 0 Å². The topological polar surface area (TPSA) is 56.0 Å². The predicted molar refractivity (Wildman–Crippen MR) is 63.8 cm³/mol. The minimum Gasteiger partial charge on any atom is -0.369 e. The lowest BCUT2D eigenvalue weighted by Gasteiger charge is -2.07. The Morgan fingerprint density at radius 3 is 2.81 bits per heavy atom. The number of benzene rings is 1. The van der Waals surface area contributed by atoms with Crippen LogP contribution >= 0.6 is 0 Å². The second kappa shape index (κ2) is 4.31. The van der Waals surface area contributed by atoms with Crippen molar-refractivity contribution >= 4 is 16.8 Å². The molecule has 0 saturated carbocycles. The number of primary amides is 1. The normalized spacial score (nSPS) is 12.6. The SMILES string of the molecule is C[C@H](Cc1ccc2ccccc2n1)C(N)=O. The molecule has 3 nitrogen and oxygen atoms in total. The third-order valence-electron chi connectivity index (χ3n) is 2.66. The van der Waals surface area contributed by atoms with Gasteiger partial charge >= 0.3 is 0 Å². The Bertz CT molecular complexity index is 522. The molecule has 2 N–H and O–H groups in total. The van der Waals surface area contributed by atoms with Crippen molar-refractivity contribution in [3.8, 4) is 0 Å². The average molecular weight is 214 g/mol. The molecule has 3 heteroatoms. The molecular formula is C13H14N2O. The van der Waals surface area contributed by atoms with Crippen molar-refractivity contribution in [2.24, 2.45) is 11.7 Å². The number of fused-ring (bicyclic) bond motifs is 1. The van der Waals surface area contributed by atoms with Crippen LogP contribution in [0.2, 0.25) is 0 Å². The van der Waals surface area contributed by atoms with Gasteiger partial charge in [0.15, 0.2) is 0 Å². The summed E-state index contributed by atoms with van der Waals surface area (Å²) in [6.45, 7) is 1.82. The summed E-state index contributed by atoms with van der Waals surface area (Å²) in [5, 5.41) is 1.11. The summed E-state index contributed by atoms with van der Waals surface area (Å²) in [7, 11) is 0. The second-order valence-corrected chi connectivity index (χ2v) is 4.00. The van der Waals surface area contributed by atoms with Gasteiger partial charge in [0.1, 0.15) is 0 Å². The number of nitrogens with zero attached hydrogens (tertiary/aromatic N) is 1. The first-order chi connectivity index (χ1) is 7.66. The number of aromatic nitrogens is 1. The maximum Gasteiger partial charge on any atom is 0.220 e. The van der Waals surface area contributed by atoms with Gasteiger partial charge in [-0.25, -0.2) is 0 Å². The van der Waals surface area contributed by atoms with Gasteiger partial charge in [0.2, 0.25) is 5.91 Å². The highest BCUT2D eigenvalue weighted by atomic mass is 16.1. The number of rotatable bonds is 3. The minimum absolute atomic E-state index is 0.173. The van der Waals surface area contributed by atoms with Crippen molar-refractivity contribution in [3.63, 3.8) is 0 Å². The van der Waals surface area contributed by atoms with E-state index in [9.17, 15) is 4.79 Å². The van der Waals surface area contributed by atoms with E-state index in [2.05, 4.69) is 4.98 Å². The zero-order valence-corrected chi connectivity index (χ0v) is 9.18. The van der Waals surface area contributed by atoms with Crippen molar-refractivity contribution in [1.29, 1.82) is 0 Å². The lowest BCUT2D eigenvalue weighted by Crippen LogP contribution is -2.22. The van der Waals surface area contributed by atoms with Crippen LogP contribution in [-0.2, 0) is 11.2 Å². The number of amides is 1. The van der Waals surface area contributed by atoms with E-state index in [1.165, 1.54) is 0 Å². The van der Waals surface area contributed by atoms with Crippen LogP contribution in [0, 0.1) is 5.92 Å². The summed E-state index contributed by atoms with van der Waals surface area (Å²) >= 11 is 0. The van der Waals surface area contributed by atoms with Crippen molar-refractivity contribution in [2.45, 2.75) is 13.3 Å². The van der Waals surface area contributed by atoms with Crippen LogP contribution in [0.3, 0.4) is 0 Å². The highest BCUT2D eigenvalue weighted by molar-refractivity contribution is 5.79. The first-order valence-electron chi connectivity index (χ1n) is 5.31. The molecule has 2 rings (SSSR count). The number of para-hydroxylation sites is 1. The maximum atomic E-state index is 11.0. The van der Waals surface area contributed by atoms with Crippen LogP contribution in [0.1, 0.15) is 12.6 Å². The van der Waals surface area contributed by atoms with Gasteiger partial charge in [0.05, 0.1) is 5.52 Å². The van der Waals surface area contributed by atoms with Gasteiger partial charge in [-0.3, -0.25) is 9.78 Å². The smallest absolute Gasteiger partial charge is 0.220 e. The molecule has 0 saturated heterocycles. The van der Waals surface area contributed by atoms with Crippen LogP contribution in [0.15, 0.2) is 36.4 Å². The average Bonchev–Trinajstić information content (AvgIpc) is 2.28. The summed E-state index contributed by atoms with van der Waals surface area (Å²) in [4.78, 5) is 15.5. The van der Waals surface area contributed by atoms with E-state index in [0.29, 0.717) is 6.42 Å². The lowest BCUT2D eigenvalue weighted by atomic mass is 10.0. The van der Waals surface area contributed by atoms with Crippen LogP contribution in [0.5, 0.6) is 0 Å². The molecule has 1 amide bonds. The zero-order valence-electron chi connectivity index (χ0n) is 9.18. The molecule has 0 spiro atoms. The predicted octanol–water partition coefficient (Wildman–Crippen LogP) is 1.90. The minimum atomic E-state index is -0.282. The fourth-order valence-corrected chi connectivity index (χ4v) is 1.64. The Morgan fingerprint density at radius 1 is 1.31 bits per heavy atom. The van der Waals surface area contributed by atoms with Gasteiger partial charge in [0.25, 0.3) is 0 Å². The van der Waals surface area contributed by atoms with Crippen molar-refractivity contribution in [1.82, 2.24) is 4.98 Å². The number of carbonyl (C=O) groups excluding carboxylic acids is 1. The van der Waals surface area contributed by atoms with E-state index >= 15 is 0 Å². The summed E-state index contributed by atoms with van der Waals surface area (Å²) in [5.74, 6) is -0.455. The molecule has 1 atom stereocenters. The fourth-order valence-electron chi connectivity index (χ4n) is 1.64. The van der Waals surface area contributed by atoms with Crippen LogP contribution in [-0.4, -0.2) is 10.9 Å². The fraction of sp³-hybridized carbons (Fsp3) is 0.231. The third-order valence-corrected chi connectivity index (χ3v) is 2.66. The quantitative estimate of drug-likeness (QED) is 0.848. The molecule has 1 aromatic heterocycles. The zero-order chi connectivity index (χ0) is 11.5. The molecular weight excluding hydrogens is 200 g/mol. The van der Waals surface area contributed by atoms with E-state index in [4.69, 9.17) is 5.73 Å². The maximum absolute atomic E-state index is 11.0. The van der Waals surface area contributed by atoms with Crippen LogP contribution in [0.25, 0.3) is 10.9 Å². The Labute approximate surface area is 94.3 Å². The highest BCUT2D eigenvalue weighted by Crippen LogP contribution is 2.14. The third kappa shape index (κ3) is 2.19. The Morgan fingerprint density at radius 2 is 2.06 bits per heavy atom. The van der Waals surface area contributed by atoms with Gasteiger partial charge in [-0.15, -0.1) is 0 Å². The summed E-state index contributed by atoms with van der Waals surface area (Å²) in [6, 6.07) is 11.9. The Kier molecular flexibility index (Phi) is 2.86.